The second kappa shape index (κ2) is 7.04. The van der Waals surface area contributed by atoms with Gasteiger partial charge in [0.1, 0.15) is 0 Å². The monoisotopic (exact) mass is 408 g/mol. The summed E-state index contributed by atoms with van der Waals surface area (Å²) in [6.45, 7) is 5.11. The second-order valence-electron chi connectivity index (χ2n) is 7.06. The molecule has 7 nitrogen and oxygen atoms in total. The molecule has 29 heavy (non-hydrogen) atoms. The van der Waals surface area contributed by atoms with Crippen LogP contribution in [0.25, 0.3) is 0 Å². The molecule has 0 aromatic heterocycles. The number of nitrogens with zero attached hydrogens (tertiary/aromatic N) is 3. The number of carbonyl (C=O) groups is 3. The third-order valence-corrected chi connectivity index (χ3v) is 6.11. The van der Waals surface area contributed by atoms with Gasteiger partial charge in [0.2, 0.25) is 16.7 Å². The van der Waals surface area contributed by atoms with Crippen molar-refractivity contribution in [3.8, 4) is 0 Å². The van der Waals surface area contributed by atoms with Crippen LogP contribution in [0.5, 0.6) is 0 Å². The van der Waals surface area contributed by atoms with Gasteiger partial charge in [0.15, 0.2) is 5.17 Å². The van der Waals surface area contributed by atoms with Crippen LogP contribution in [0.15, 0.2) is 53.6 Å². The quantitative estimate of drug-likeness (QED) is 0.828. The molecule has 0 aliphatic carbocycles. The number of hydrogen-bond donors (Lipinski definition) is 1. The predicted octanol–water partition coefficient (Wildman–Crippen LogP) is 2.70. The van der Waals surface area contributed by atoms with Gasteiger partial charge in [-0.2, -0.15) is 5.01 Å². The molecular formula is C21H20N4O3S. The average Bonchev–Trinajstić information content (AvgIpc) is 3.16. The van der Waals surface area contributed by atoms with Crippen molar-refractivity contribution in [3.63, 3.8) is 0 Å². The van der Waals surface area contributed by atoms with E-state index in [1.165, 1.54) is 18.9 Å². The van der Waals surface area contributed by atoms with E-state index in [1.54, 1.807) is 4.90 Å². The average molecular weight is 408 g/mol. The van der Waals surface area contributed by atoms with Crippen LogP contribution in [0.2, 0.25) is 0 Å². The molecule has 1 spiro atoms. The van der Waals surface area contributed by atoms with E-state index in [2.05, 4.69) is 10.4 Å². The third kappa shape index (κ3) is 3.09. The highest BCUT2D eigenvalue weighted by atomic mass is 32.2. The largest absolute Gasteiger partial charge is 0.304 e. The number of amidine groups is 1. The van der Waals surface area contributed by atoms with Crippen LogP contribution in [-0.2, 0) is 25.8 Å². The zero-order valence-corrected chi connectivity index (χ0v) is 17.1. The molecule has 1 atom stereocenters. The summed E-state index contributed by atoms with van der Waals surface area (Å²) in [4.78, 5) is 38.0. The second-order valence-corrected chi connectivity index (χ2v) is 8.24. The highest BCUT2D eigenvalue weighted by Gasteiger charge is 2.61. The minimum absolute atomic E-state index is 0.230. The van der Waals surface area contributed by atoms with Crippen molar-refractivity contribution in [3.05, 3.63) is 65.2 Å². The Morgan fingerprint density at radius 3 is 2.45 bits per heavy atom. The van der Waals surface area contributed by atoms with Gasteiger partial charge in [-0.3, -0.25) is 14.4 Å². The topological polar surface area (TPSA) is 82.1 Å². The number of para-hydroxylation sites is 1. The van der Waals surface area contributed by atoms with Crippen molar-refractivity contribution in [2.75, 3.05) is 4.90 Å². The van der Waals surface area contributed by atoms with Gasteiger partial charge >= 0.3 is 0 Å². The lowest BCUT2D eigenvalue weighted by molar-refractivity contribution is -0.139. The number of hydrogen-bond acceptors (Lipinski definition) is 5. The minimum Gasteiger partial charge on any atom is -0.304 e. The molecule has 0 fully saturated rings. The first kappa shape index (κ1) is 19.2. The lowest BCUT2D eigenvalue weighted by atomic mass is 10.1. The van der Waals surface area contributed by atoms with Crippen molar-refractivity contribution in [2.45, 2.75) is 32.2 Å². The summed E-state index contributed by atoms with van der Waals surface area (Å²) >= 11 is 1.08. The Morgan fingerprint density at radius 2 is 1.79 bits per heavy atom. The normalized spacial score (nSPS) is 20.1. The number of thioether (sulfide) groups is 1. The highest BCUT2D eigenvalue weighted by Crippen LogP contribution is 2.54. The molecule has 1 unspecified atom stereocenters. The summed E-state index contributed by atoms with van der Waals surface area (Å²) in [6, 6.07) is 15.4. The minimum atomic E-state index is -1.36. The van der Waals surface area contributed by atoms with Crippen LogP contribution in [-0.4, -0.2) is 27.9 Å². The first-order chi connectivity index (χ1) is 13.8. The molecule has 2 aliphatic rings. The van der Waals surface area contributed by atoms with Gasteiger partial charge in [-0.25, -0.2) is 0 Å². The van der Waals surface area contributed by atoms with Crippen LogP contribution in [0.1, 0.15) is 30.5 Å². The van der Waals surface area contributed by atoms with Crippen molar-refractivity contribution in [1.29, 1.82) is 0 Å². The Balaban J connectivity index is 1.78. The SMILES string of the molecule is CC(=O)NC1=NN(C(C)=O)C2(S1)C(=O)N(Cc1ccc(C)cc1)c1ccccc12. The van der Waals surface area contributed by atoms with Crippen LogP contribution in [0, 0.1) is 6.92 Å². The van der Waals surface area contributed by atoms with Crippen molar-refractivity contribution < 1.29 is 14.4 Å². The smallest absolute Gasteiger partial charge is 0.271 e. The molecule has 0 saturated carbocycles. The van der Waals surface area contributed by atoms with E-state index in [1.807, 2.05) is 55.5 Å². The lowest BCUT2D eigenvalue weighted by Crippen LogP contribution is -2.48. The van der Waals surface area contributed by atoms with Crippen molar-refractivity contribution in [1.82, 2.24) is 10.3 Å². The van der Waals surface area contributed by atoms with E-state index in [0.29, 0.717) is 12.1 Å². The Morgan fingerprint density at radius 1 is 1.10 bits per heavy atom. The van der Waals surface area contributed by atoms with Crippen molar-refractivity contribution in [2.24, 2.45) is 5.10 Å². The fourth-order valence-electron chi connectivity index (χ4n) is 3.60. The fourth-order valence-corrected chi connectivity index (χ4v) is 4.93. The van der Waals surface area contributed by atoms with E-state index in [4.69, 9.17) is 0 Å². The molecule has 0 bridgehead atoms. The van der Waals surface area contributed by atoms with Gasteiger partial charge in [0.25, 0.3) is 5.91 Å². The maximum atomic E-state index is 13.7. The summed E-state index contributed by atoms with van der Waals surface area (Å²) in [5, 5.41) is 8.27. The number of nitrogens with one attached hydrogen (secondary N) is 1. The first-order valence-electron chi connectivity index (χ1n) is 9.16. The van der Waals surface area contributed by atoms with Crippen LogP contribution in [0.3, 0.4) is 0 Å². The van der Waals surface area contributed by atoms with E-state index < -0.39 is 4.87 Å². The van der Waals surface area contributed by atoms with Gasteiger partial charge < -0.3 is 10.2 Å². The Labute approximate surface area is 172 Å². The molecule has 0 radical (unpaired) electrons. The molecule has 148 valence electrons. The zero-order chi connectivity index (χ0) is 20.8. The van der Waals surface area contributed by atoms with Crippen LogP contribution < -0.4 is 10.2 Å². The van der Waals surface area contributed by atoms with Gasteiger partial charge in [0, 0.05) is 19.4 Å². The number of aryl methyl sites for hydroxylation is 1. The maximum absolute atomic E-state index is 13.7. The number of hydrazone groups is 1. The van der Waals surface area contributed by atoms with Gasteiger partial charge in [-0.1, -0.05) is 48.0 Å². The molecule has 8 heteroatoms. The highest BCUT2D eigenvalue weighted by molar-refractivity contribution is 8.15. The standard InChI is InChI=1S/C21H20N4O3S/c1-13-8-10-16(11-9-13)12-24-18-7-5-4-6-17(18)21(19(24)28)25(15(3)27)23-20(29-21)22-14(2)26/h4-11H,12H2,1-3H3,(H,22,23,26). The van der Waals surface area contributed by atoms with E-state index >= 15 is 0 Å². The Hall–Kier alpha value is -3.13. The van der Waals surface area contributed by atoms with Crippen LogP contribution >= 0.6 is 11.8 Å². The number of benzene rings is 2. The zero-order valence-electron chi connectivity index (χ0n) is 16.3. The summed E-state index contributed by atoms with van der Waals surface area (Å²) < 4.78 is 0. The van der Waals surface area contributed by atoms with Gasteiger partial charge in [-0.15, -0.1) is 5.10 Å². The molecule has 0 saturated heterocycles. The van der Waals surface area contributed by atoms with Gasteiger partial charge in [0.05, 0.1) is 12.2 Å². The first-order valence-corrected chi connectivity index (χ1v) is 9.97. The fraction of sp³-hybridized carbons (Fsp3) is 0.238. The molecule has 2 heterocycles. The number of carbonyl (C=O) groups excluding carboxylic acids is 3. The lowest BCUT2D eigenvalue weighted by Gasteiger charge is -2.29. The third-order valence-electron chi connectivity index (χ3n) is 4.87. The molecule has 2 aromatic rings. The molecule has 3 amide bonds. The maximum Gasteiger partial charge on any atom is 0.271 e. The number of anilines is 1. The van der Waals surface area contributed by atoms with Crippen LogP contribution in [0.4, 0.5) is 5.69 Å². The number of amides is 3. The Bertz CT molecular complexity index is 1050. The summed E-state index contributed by atoms with van der Waals surface area (Å²) in [7, 11) is 0. The number of fused-ring (bicyclic) bond motifs is 2. The molecule has 4 rings (SSSR count). The van der Waals surface area contributed by atoms with E-state index in [0.717, 1.165) is 28.6 Å². The Kier molecular flexibility index (Phi) is 4.66. The van der Waals surface area contributed by atoms with Gasteiger partial charge in [-0.05, 0) is 30.3 Å². The molecule has 2 aromatic carbocycles. The molecule has 1 N–H and O–H groups in total. The summed E-state index contributed by atoms with van der Waals surface area (Å²) in [5.41, 5.74) is 3.54. The molecular weight excluding hydrogens is 388 g/mol. The number of rotatable bonds is 2. The summed E-state index contributed by atoms with van der Waals surface area (Å²) in [5.74, 6) is -0.950. The predicted molar refractivity (Wildman–Crippen MR) is 112 cm³/mol. The van der Waals surface area contributed by atoms with E-state index in [-0.39, 0.29) is 22.9 Å². The summed E-state index contributed by atoms with van der Waals surface area (Å²) in [6.07, 6.45) is 0. The van der Waals surface area contributed by atoms with Crippen molar-refractivity contribution >= 4 is 40.3 Å². The van der Waals surface area contributed by atoms with E-state index in [9.17, 15) is 14.4 Å². The molecule has 2 aliphatic heterocycles.